The molecule has 2 atom stereocenters. The molecule has 150 valence electrons. The van der Waals surface area contributed by atoms with Crippen molar-refractivity contribution in [1.29, 1.82) is 0 Å². The maximum absolute atomic E-state index is 12.5. The van der Waals surface area contributed by atoms with Gasteiger partial charge in [0.1, 0.15) is 0 Å². The minimum atomic E-state index is -0.932. The van der Waals surface area contributed by atoms with Crippen LogP contribution in [0.5, 0.6) is 0 Å². The number of aliphatic hydroxyl groups excluding tert-OH is 2. The third kappa shape index (κ3) is 4.58. The summed E-state index contributed by atoms with van der Waals surface area (Å²) in [6, 6.07) is 13.6. The number of β-amino-alcohol motifs (C(OH)–C–C–N with tert-alkyl or cyclic N) is 1. The molecule has 1 unspecified atom stereocenters. The molecule has 1 amide bonds. The molecular formula is C21H26ClN3O3. The molecule has 0 aromatic heterocycles. The van der Waals surface area contributed by atoms with Crippen LogP contribution in [-0.2, 0) is 11.3 Å². The molecule has 0 radical (unpaired) electrons. The highest BCUT2D eigenvalue weighted by Gasteiger charge is 2.34. The SMILES string of the molecule is Cc1ccccc1CN(c1ccc(N)c(Cl)c1)[C@H]1CC(=O)N(CC(O)CO)C1. The number of rotatable bonds is 7. The Morgan fingerprint density at radius 2 is 2.07 bits per heavy atom. The normalized spacial score (nSPS) is 17.8. The Labute approximate surface area is 170 Å². The van der Waals surface area contributed by atoms with Crippen LogP contribution in [0.15, 0.2) is 42.5 Å². The molecule has 0 aliphatic carbocycles. The summed E-state index contributed by atoms with van der Waals surface area (Å²) in [5, 5.41) is 19.3. The number of halogens is 1. The van der Waals surface area contributed by atoms with Crippen molar-refractivity contribution in [3.63, 3.8) is 0 Å². The standard InChI is InChI=1S/C21H26ClN3O3/c1-14-4-2-3-5-15(14)10-25(16-6-7-20(23)19(22)8-16)17-9-21(28)24(11-17)12-18(27)13-26/h2-8,17-18,26-27H,9-13,23H2,1H3/t17-,18?/m0/s1. The molecule has 3 rings (SSSR count). The van der Waals surface area contributed by atoms with E-state index in [9.17, 15) is 9.90 Å². The van der Waals surface area contributed by atoms with Gasteiger partial charge in [-0.1, -0.05) is 35.9 Å². The first-order chi connectivity index (χ1) is 13.4. The number of aliphatic hydroxyl groups is 2. The topological polar surface area (TPSA) is 90.0 Å². The van der Waals surface area contributed by atoms with Crippen LogP contribution in [0.4, 0.5) is 11.4 Å². The molecule has 1 fully saturated rings. The van der Waals surface area contributed by atoms with E-state index in [0.29, 0.717) is 30.2 Å². The summed E-state index contributed by atoms with van der Waals surface area (Å²) < 4.78 is 0. The van der Waals surface area contributed by atoms with E-state index in [1.54, 1.807) is 11.0 Å². The molecule has 1 aliphatic rings. The molecule has 0 spiro atoms. The van der Waals surface area contributed by atoms with Crippen molar-refractivity contribution in [2.75, 3.05) is 30.3 Å². The number of nitrogens with two attached hydrogens (primary N) is 1. The van der Waals surface area contributed by atoms with Gasteiger partial charge in [-0.15, -0.1) is 0 Å². The van der Waals surface area contributed by atoms with Crippen LogP contribution in [0.2, 0.25) is 5.02 Å². The quantitative estimate of drug-likeness (QED) is 0.616. The number of nitrogen functional groups attached to an aromatic ring is 1. The van der Waals surface area contributed by atoms with E-state index in [1.807, 2.05) is 24.3 Å². The van der Waals surface area contributed by atoms with Crippen molar-refractivity contribution < 1.29 is 15.0 Å². The number of nitrogens with zero attached hydrogens (tertiary/aromatic N) is 2. The Kier molecular flexibility index (Phi) is 6.44. The summed E-state index contributed by atoms with van der Waals surface area (Å²) in [6.45, 7) is 2.93. The monoisotopic (exact) mass is 403 g/mol. The summed E-state index contributed by atoms with van der Waals surface area (Å²) >= 11 is 6.25. The summed E-state index contributed by atoms with van der Waals surface area (Å²) in [7, 11) is 0. The molecule has 2 aromatic carbocycles. The van der Waals surface area contributed by atoms with Gasteiger partial charge in [-0.3, -0.25) is 4.79 Å². The van der Waals surface area contributed by atoms with E-state index in [2.05, 4.69) is 24.0 Å². The Balaban J connectivity index is 1.89. The lowest BCUT2D eigenvalue weighted by Crippen LogP contribution is -2.40. The van der Waals surface area contributed by atoms with Crippen molar-refractivity contribution in [1.82, 2.24) is 4.90 Å². The molecule has 1 saturated heterocycles. The van der Waals surface area contributed by atoms with Gasteiger partial charge in [-0.25, -0.2) is 0 Å². The van der Waals surface area contributed by atoms with Gasteiger partial charge in [-0.2, -0.15) is 0 Å². The third-order valence-corrected chi connectivity index (χ3v) is 5.52. The van der Waals surface area contributed by atoms with Crippen LogP contribution in [0.1, 0.15) is 17.5 Å². The average Bonchev–Trinajstić information content (AvgIpc) is 3.03. The molecule has 2 aromatic rings. The predicted molar refractivity (Wildman–Crippen MR) is 111 cm³/mol. The first-order valence-corrected chi connectivity index (χ1v) is 9.69. The molecule has 7 heteroatoms. The van der Waals surface area contributed by atoms with E-state index < -0.39 is 6.10 Å². The fraction of sp³-hybridized carbons (Fsp3) is 0.381. The van der Waals surface area contributed by atoms with Gasteiger partial charge < -0.3 is 25.7 Å². The Bertz CT molecular complexity index is 845. The Hall–Kier alpha value is -2.28. The van der Waals surface area contributed by atoms with E-state index in [0.717, 1.165) is 11.3 Å². The summed E-state index contributed by atoms with van der Waals surface area (Å²) in [5.41, 5.74) is 9.61. The number of likely N-dealkylation sites (tertiary alicyclic amines) is 1. The van der Waals surface area contributed by atoms with Gasteiger partial charge in [0.05, 0.1) is 29.5 Å². The third-order valence-electron chi connectivity index (χ3n) is 5.19. The zero-order valence-corrected chi connectivity index (χ0v) is 16.6. The first-order valence-electron chi connectivity index (χ1n) is 9.32. The molecule has 1 aliphatic heterocycles. The molecule has 28 heavy (non-hydrogen) atoms. The summed E-state index contributed by atoms with van der Waals surface area (Å²) in [6.07, 6.45) is -0.593. The van der Waals surface area contributed by atoms with Crippen LogP contribution in [0.3, 0.4) is 0 Å². The van der Waals surface area contributed by atoms with Crippen molar-refractivity contribution in [3.05, 3.63) is 58.6 Å². The second kappa shape index (κ2) is 8.82. The average molecular weight is 404 g/mol. The summed E-state index contributed by atoms with van der Waals surface area (Å²) in [4.78, 5) is 16.2. The molecule has 0 bridgehead atoms. The molecule has 0 saturated carbocycles. The van der Waals surface area contributed by atoms with Gasteiger partial charge in [0, 0.05) is 31.7 Å². The number of anilines is 2. The van der Waals surface area contributed by atoms with Crippen LogP contribution in [0.25, 0.3) is 0 Å². The van der Waals surface area contributed by atoms with Crippen LogP contribution >= 0.6 is 11.6 Å². The van der Waals surface area contributed by atoms with Crippen molar-refractivity contribution in [3.8, 4) is 0 Å². The van der Waals surface area contributed by atoms with Gasteiger partial charge in [0.25, 0.3) is 0 Å². The molecular weight excluding hydrogens is 378 g/mol. The maximum Gasteiger partial charge on any atom is 0.224 e. The van der Waals surface area contributed by atoms with Crippen molar-refractivity contribution in [2.45, 2.75) is 32.0 Å². The van der Waals surface area contributed by atoms with Gasteiger partial charge in [-0.05, 0) is 36.2 Å². The second-order valence-corrected chi connectivity index (χ2v) is 7.66. The summed E-state index contributed by atoms with van der Waals surface area (Å²) in [5.74, 6) is -0.0335. The van der Waals surface area contributed by atoms with Crippen molar-refractivity contribution >= 4 is 28.9 Å². The maximum atomic E-state index is 12.5. The minimum absolute atomic E-state index is 0.0335. The minimum Gasteiger partial charge on any atom is -0.398 e. The highest BCUT2D eigenvalue weighted by Crippen LogP contribution is 2.31. The van der Waals surface area contributed by atoms with Crippen molar-refractivity contribution in [2.24, 2.45) is 0 Å². The smallest absolute Gasteiger partial charge is 0.224 e. The van der Waals surface area contributed by atoms with Crippen LogP contribution in [0, 0.1) is 6.92 Å². The molecule has 4 N–H and O–H groups in total. The van der Waals surface area contributed by atoms with Gasteiger partial charge in [0.15, 0.2) is 0 Å². The van der Waals surface area contributed by atoms with E-state index in [4.69, 9.17) is 22.4 Å². The van der Waals surface area contributed by atoms with Gasteiger partial charge in [0.2, 0.25) is 5.91 Å². The lowest BCUT2D eigenvalue weighted by molar-refractivity contribution is -0.129. The number of hydrogen-bond donors (Lipinski definition) is 3. The van der Waals surface area contributed by atoms with Crippen LogP contribution < -0.4 is 10.6 Å². The second-order valence-electron chi connectivity index (χ2n) is 7.25. The number of benzene rings is 2. The molecule has 6 nitrogen and oxygen atoms in total. The number of aryl methyl sites for hydroxylation is 1. The zero-order valence-electron chi connectivity index (χ0n) is 15.9. The zero-order chi connectivity index (χ0) is 20.3. The lowest BCUT2D eigenvalue weighted by atomic mass is 10.1. The van der Waals surface area contributed by atoms with Crippen LogP contribution in [-0.4, -0.2) is 52.9 Å². The van der Waals surface area contributed by atoms with E-state index in [-0.39, 0.29) is 25.1 Å². The highest BCUT2D eigenvalue weighted by molar-refractivity contribution is 6.33. The van der Waals surface area contributed by atoms with Gasteiger partial charge >= 0.3 is 0 Å². The number of amides is 1. The Morgan fingerprint density at radius 3 is 2.75 bits per heavy atom. The molecule has 1 heterocycles. The lowest BCUT2D eigenvalue weighted by Gasteiger charge is -2.32. The number of hydrogen-bond acceptors (Lipinski definition) is 5. The Morgan fingerprint density at radius 1 is 1.32 bits per heavy atom. The number of carbonyl (C=O) groups is 1. The number of carbonyl (C=O) groups excluding carboxylic acids is 1. The fourth-order valence-electron chi connectivity index (χ4n) is 3.55. The first kappa shape index (κ1) is 20.5. The predicted octanol–water partition coefficient (Wildman–Crippen LogP) is 2.19. The largest absolute Gasteiger partial charge is 0.398 e. The fourth-order valence-corrected chi connectivity index (χ4v) is 3.72. The van der Waals surface area contributed by atoms with E-state index >= 15 is 0 Å². The van der Waals surface area contributed by atoms with E-state index in [1.165, 1.54) is 5.56 Å². The highest BCUT2D eigenvalue weighted by atomic mass is 35.5.